The molecule has 4 atom stereocenters. The molecule has 1 aliphatic heterocycles. The highest BCUT2D eigenvalue weighted by Gasteiger charge is 2.47. The first-order valence-electron chi connectivity index (χ1n) is 10.2. The van der Waals surface area contributed by atoms with Crippen LogP contribution < -0.4 is 11.1 Å². The van der Waals surface area contributed by atoms with Crippen LogP contribution in [-0.2, 0) is 9.47 Å². The van der Waals surface area contributed by atoms with Crippen molar-refractivity contribution in [3.05, 3.63) is 0 Å². The molecule has 0 aromatic carbocycles. The topological polar surface area (TPSA) is 114 Å². The third kappa shape index (κ3) is 7.73. The van der Waals surface area contributed by atoms with E-state index in [1.807, 2.05) is 34.8 Å². The first-order chi connectivity index (χ1) is 12.5. The van der Waals surface area contributed by atoms with E-state index in [0.717, 1.165) is 25.7 Å². The average molecular weight is 402 g/mol. The van der Waals surface area contributed by atoms with E-state index >= 15 is 0 Å². The molecule has 0 aliphatic carbocycles. The molecule has 1 saturated heterocycles. The lowest BCUT2D eigenvalue weighted by Gasteiger charge is -2.38. The van der Waals surface area contributed by atoms with Gasteiger partial charge in [0.25, 0.3) is 0 Å². The second kappa shape index (κ2) is 10.8. The summed E-state index contributed by atoms with van der Waals surface area (Å²) in [5, 5.41) is 13.1. The lowest BCUT2D eigenvalue weighted by molar-refractivity contribution is -0.0114. The highest BCUT2D eigenvalue weighted by Crippen LogP contribution is 2.45. The molecule has 0 radical (unpaired) electrons. The Kier molecular flexibility index (Phi) is 9.78. The molecule has 5 N–H and O–H groups in total. The summed E-state index contributed by atoms with van der Waals surface area (Å²) in [6.45, 7) is 9.23. The molecule has 1 rings (SSSR count). The molecule has 0 aromatic heterocycles. The van der Waals surface area contributed by atoms with Gasteiger partial charge in [-0.3, -0.25) is 0 Å². The summed E-state index contributed by atoms with van der Waals surface area (Å²) in [4.78, 5) is 22.3. The predicted molar refractivity (Wildman–Crippen MR) is 112 cm³/mol. The lowest BCUT2D eigenvalue weighted by atomic mass is 9.79. The number of hydrogen-bond donors (Lipinski definition) is 4. The van der Waals surface area contributed by atoms with Gasteiger partial charge in [-0.2, -0.15) is 0 Å². The van der Waals surface area contributed by atoms with Gasteiger partial charge in [0, 0.05) is 18.5 Å². The van der Waals surface area contributed by atoms with E-state index in [1.54, 1.807) is 0 Å². The lowest BCUT2D eigenvalue weighted by Crippen LogP contribution is -2.43. The van der Waals surface area contributed by atoms with Crippen molar-refractivity contribution in [1.82, 2.24) is 5.32 Å². The number of amides is 1. The van der Waals surface area contributed by atoms with Gasteiger partial charge in [0.1, 0.15) is 20.6 Å². The molecular formula is C18H39BN2O5Si. The van der Waals surface area contributed by atoms with Gasteiger partial charge in [0.05, 0.1) is 6.10 Å². The van der Waals surface area contributed by atoms with Crippen molar-refractivity contribution in [1.29, 1.82) is 0 Å². The molecule has 0 saturated carbocycles. The third-order valence-corrected chi connectivity index (χ3v) is 9.51. The van der Waals surface area contributed by atoms with Crippen molar-refractivity contribution in [2.75, 3.05) is 19.7 Å². The fraction of sp³-hybridized carbons (Fsp3) is 0.944. The Labute approximate surface area is 165 Å². The summed E-state index contributed by atoms with van der Waals surface area (Å²) in [6, 6.07) is -0.144. The second-order valence-electron chi connectivity index (χ2n) is 8.91. The molecule has 0 spiro atoms. The minimum atomic E-state index is -2.37. The number of carbonyl (C=O) groups excluding carboxylic acids is 1. The number of nitrogens with one attached hydrogen (secondary N) is 1. The Balaban J connectivity index is 2.37. The third-order valence-electron chi connectivity index (χ3n) is 5.99. The van der Waals surface area contributed by atoms with Crippen molar-refractivity contribution >= 4 is 22.3 Å². The van der Waals surface area contributed by atoms with E-state index in [0.29, 0.717) is 19.5 Å². The Morgan fingerprint density at radius 3 is 2.52 bits per heavy atom. The summed E-state index contributed by atoms with van der Waals surface area (Å²) in [5.41, 5.74) is 5.44. The fourth-order valence-corrected chi connectivity index (χ4v) is 4.03. The van der Waals surface area contributed by atoms with Crippen molar-refractivity contribution in [3.63, 3.8) is 0 Å². The first kappa shape index (κ1) is 24.4. The molecule has 1 heterocycles. The van der Waals surface area contributed by atoms with Gasteiger partial charge < -0.3 is 30.4 Å². The molecule has 1 amide bonds. The first-order valence-corrected chi connectivity index (χ1v) is 13.1. The van der Waals surface area contributed by atoms with Crippen LogP contribution in [0.1, 0.15) is 46.0 Å². The van der Waals surface area contributed by atoms with Crippen molar-refractivity contribution in [2.45, 2.75) is 82.3 Å². The summed E-state index contributed by atoms with van der Waals surface area (Å²) >= 11 is 0. The van der Waals surface area contributed by atoms with Crippen LogP contribution in [-0.4, -0.2) is 70.1 Å². The summed E-state index contributed by atoms with van der Waals surface area (Å²) in [6.07, 6.45) is 2.96. The van der Waals surface area contributed by atoms with Crippen LogP contribution in [0.3, 0.4) is 0 Å². The average Bonchev–Trinajstić information content (AvgIpc) is 2.82. The van der Waals surface area contributed by atoms with Gasteiger partial charge in [0.15, 0.2) is 8.32 Å². The van der Waals surface area contributed by atoms with Crippen molar-refractivity contribution < 1.29 is 24.2 Å². The number of alkyl carbamates (subject to hydrolysis) is 1. The van der Waals surface area contributed by atoms with Crippen LogP contribution in [0.2, 0.25) is 18.1 Å². The van der Waals surface area contributed by atoms with Crippen LogP contribution in [0.25, 0.3) is 0 Å². The Bertz CT molecular complexity index is 462. The molecule has 158 valence electrons. The van der Waals surface area contributed by atoms with Crippen LogP contribution in [0.5, 0.6) is 0 Å². The fourth-order valence-electron chi connectivity index (χ4n) is 3.30. The van der Waals surface area contributed by atoms with Gasteiger partial charge in [-0.05, 0) is 43.9 Å². The van der Waals surface area contributed by atoms with E-state index < -0.39 is 26.6 Å². The van der Waals surface area contributed by atoms with E-state index in [-0.39, 0.29) is 23.6 Å². The van der Waals surface area contributed by atoms with Crippen molar-refractivity contribution in [2.24, 2.45) is 11.7 Å². The van der Waals surface area contributed by atoms with Crippen LogP contribution >= 0.6 is 0 Å². The predicted octanol–water partition coefficient (Wildman–Crippen LogP) is 0.935. The maximum absolute atomic E-state index is 11.8. The molecule has 1 aliphatic rings. The maximum atomic E-state index is 11.8. The van der Waals surface area contributed by atoms with Gasteiger partial charge in [-0.1, -0.05) is 26.7 Å². The summed E-state index contributed by atoms with van der Waals surface area (Å²) in [5.74, 6) is -0.0851. The number of aliphatic hydroxyl groups excluding tert-OH is 1. The summed E-state index contributed by atoms with van der Waals surface area (Å²) < 4.78 is 11.1. The number of hydrogen-bond acceptors (Lipinski definition) is 6. The minimum absolute atomic E-state index is 0.0292. The van der Waals surface area contributed by atoms with Crippen LogP contribution in [0.15, 0.2) is 0 Å². The molecule has 1 unspecified atom stereocenters. The molecular weight excluding hydrogens is 363 g/mol. The molecule has 7 nitrogen and oxygen atoms in total. The minimum Gasteiger partial charge on any atom is -0.447 e. The number of unbranched alkanes of at least 4 members (excludes halogenated alkanes) is 3. The van der Waals surface area contributed by atoms with Gasteiger partial charge in [0.2, 0.25) is 0 Å². The van der Waals surface area contributed by atoms with Crippen LogP contribution in [0, 0.1) is 5.92 Å². The van der Waals surface area contributed by atoms with Gasteiger partial charge in [-0.15, -0.1) is 0 Å². The molecule has 9 heteroatoms. The Hall–Kier alpha value is -0.608. The smallest absolute Gasteiger partial charge is 0.407 e. The highest BCUT2D eigenvalue weighted by atomic mass is 28.4. The number of ether oxygens (including phenoxy) is 2. The van der Waals surface area contributed by atoms with E-state index in [4.69, 9.17) is 15.2 Å². The SMILES string of the molecule is B[C@@H]1O[C@H](COC(=O)NCCCCCCN)[C@H](O)C1CC(C)(C)[Si](C)(C)O. The van der Waals surface area contributed by atoms with Gasteiger partial charge >= 0.3 is 6.09 Å². The Morgan fingerprint density at radius 2 is 1.93 bits per heavy atom. The molecule has 1 fully saturated rings. The van der Waals surface area contributed by atoms with E-state index in [2.05, 4.69) is 5.32 Å². The van der Waals surface area contributed by atoms with Crippen LogP contribution in [0.4, 0.5) is 4.79 Å². The zero-order valence-corrected chi connectivity index (χ0v) is 18.7. The van der Waals surface area contributed by atoms with E-state index in [9.17, 15) is 14.7 Å². The zero-order valence-electron chi connectivity index (χ0n) is 17.7. The summed E-state index contributed by atoms with van der Waals surface area (Å²) in [7, 11) is -0.438. The Morgan fingerprint density at radius 1 is 1.30 bits per heavy atom. The zero-order chi connectivity index (χ0) is 20.7. The molecule has 27 heavy (non-hydrogen) atoms. The molecule has 0 aromatic rings. The monoisotopic (exact) mass is 402 g/mol. The number of carbonyl (C=O) groups is 1. The number of nitrogens with two attached hydrogens (primary N) is 1. The largest absolute Gasteiger partial charge is 0.447 e. The number of rotatable bonds is 11. The second-order valence-corrected chi connectivity index (χ2v) is 13.4. The normalized spacial score (nSPS) is 26.2. The standard InChI is InChI=1S/C18H39BN2O5Si/c1-18(2,27(3,4)24)11-13-15(22)14(26-16(13)19)12-25-17(23)21-10-8-6-5-7-9-20/h13-16,22,24H,5-12,19-20H2,1-4H3,(H,21,23)/t13?,14-,15-,16-/m1/s1. The van der Waals surface area contributed by atoms with Gasteiger partial charge in [-0.25, -0.2) is 4.79 Å². The quantitative estimate of drug-likeness (QED) is 0.302. The highest BCUT2D eigenvalue weighted by molar-refractivity contribution is 6.72. The van der Waals surface area contributed by atoms with Crippen molar-refractivity contribution in [3.8, 4) is 0 Å². The maximum Gasteiger partial charge on any atom is 0.407 e. The molecule has 0 bridgehead atoms. The number of aliphatic hydroxyl groups is 1. The van der Waals surface area contributed by atoms with E-state index in [1.165, 1.54) is 0 Å².